The van der Waals surface area contributed by atoms with E-state index in [1.54, 1.807) is 19.9 Å². The number of hydrogen-bond donors (Lipinski definition) is 3. The number of urea groups is 1. The van der Waals surface area contributed by atoms with Gasteiger partial charge in [0.15, 0.2) is 0 Å². The van der Waals surface area contributed by atoms with Crippen LogP contribution in [-0.2, 0) is 11.3 Å². The van der Waals surface area contributed by atoms with Crippen molar-refractivity contribution < 1.29 is 14.5 Å². The molecule has 0 atom stereocenters. The Morgan fingerprint density at radius 1 is 1.43 bits per heavy atom. The van der Waals surface area contributed by atoms with Crippen LogP contribution in [-0.4, -0.2) is 27.3 Å². The zero-order valence-corrected chi connectivity index (χ0v) is 11.5. The third kappa shape index (κ3) is 2.50. The summed E-state index contributed by atoms with van der Waals surface area (Å²) in [4.78, 5) is 35.3. The molecular formula is C12H15N5O4. The Bertz CT molecular complexity index is 628. The number of para-hydroxylation sites is 1. The summed E-state index contributed by atoms with van der Waals surface area (Å²) in [5.41, 5.74) is 1.50. The van der Waals surface area contributed by atoms with Crippen LogP contribution in [0.3, 0.4) is 0 Å². The van der Waals surface area contributed by atoms with E-state index in [1.165, 1.54) is 12.1 Å². The number of carbonyl (C=O) groups is 2. The Kier molecular flexibility index (Phi) is 3.52. The summed E-state index contributed by atoms with van der Waals surface area (Å²) in [6.45, 7) is 3.07. The zero-order valence-electron chi connectivity index (χ0n) is 11.5. The summed E-state index contributed by atoms with van der Waals surface area (Å²) in [6.07, 6.45) is 0. The fraction of sp³-hybridized carbons (Fsp3) is 0.333. The Morgan fingerprint density at radius 3 is 2.57 bits per heavy atom. The van der Waals surface area contributed by atoms with E-state index in [1.807, 2.05) is 0 Å². The van der Waals surface area contributed by atoms with Gasteiger partial charge in [0, 0.05) is 11.6 Å². The molecule has 21 heavy (non-hydrogen) atoms. The highest BCUT2D eigenvalue weighted by Crippen LogP contribution is 2.29. The van der Waals surface area contributed by atoms with Crippen LogP contribution in [0, 0.1) is 10.1 Å². The van der Waals surface area contributed by atoms with E-state index in [2.05, 4.69) is 10.7 Å². The van der Waals surface area contributed by atoms with E-state index in [4.69, 9.17) is 5.84 Å². The Morgan fingerprint density at radius 2 is 2.10 bits per heavy atom. The quantitative estimate of drug-likeness (QED) is 0.324. The molecule has 1 heterocycles. The van der Waals surface area contributed by atoms with E-state index in [-0.39, 0.29) is 17.9 Å². The zero-order chi connectivity index (χ0) is 15.8. The second-order valence-corrected chi connectivity index (χ2v) is 5.16. The number of nitrogen functional groups attached to an aromatic ring is 1. The van der Waals surface area contributed by atoms with Crippen molar-refractivity contribution in [3.05, 3.63) is 33.9 Å². The van der Waals surface area contributed by atoms with Crippen molar-refractivity contribution in [2.45, 2.75) is 25.9 Å². The van der Waals surface area contributed by atoms with Gasteiger partial charge < -0.3 is 10.7 Å². The van der Waals surface area contributed by atoms with Gasteiger partial charge in [-0.15, -0.1) is 0 Å². The van der Waals surface area contributed by atoms with E-state index < -0.39 is 22.4 Å². The fourth-order valence-electron chi connectivity index (χ4n) is 2.17. The lowest BCUT2D eigenvalue weighted by Crippen LogP contribution is -2.40. The summed E-state index contributed by atoms with van der Waals surface area (Å²) < 4.78 is 0. The first-order valence-corrected chi connectivity index (χ1v) is 6.15. The normalized spacial score (nSPS) is 16.8. The van der Waals surface area contributed by atoms with E-state index in [0.29, 0.717) is 5.56 Å². The van der Waals surface area contributed by atoms with E-state index in [9.17, 15) is 19.7 Å². The van der Waals surface area contributed by atoms with E-state index in [0.717, 1.165) is 4.90 Å². The van der Waals surface area contributed by atoms with Crippen molar-refractivity contribution in [1.82, 2.24) is 10.2 Å². The molecular weight excluding hydrogens is 278 g/mol. The van der Waals surface area contributed by atoms with Gasteiger partial charge in [0.2, 0.25) is 0 Å². The molecule has 4 N–H and O–H groups in total. The predicted molar refractivity (Wildman–Crippen MR) is 74.1 cm³/mol. The van der Waals surface area contributed by atoms with Crippen LogP contribution in [0.4, 0.5) is 16.2 Å². The first kappa shape index (κ1) is 14.7. The first-order valence-electron chi connectivity index (χ1n) is 6.15. The van der Waals surface area contributed by atoms with Gasteiger partial charge in [-0.3, -0.25) is 25.7 Å². The molecule has 0 saturated carbocycles. The lowest BCUT2D eigenvalue weighted by molar-refractivity contribution is -0.384. The van der Waals surface area contributed by atoms with Crippen LogP contribution in [0.1, 0.15) is 19.4 Å². The van der Waals surface area contributed by atoms with Crippen LogP contribution in [0.2, 0.25) is 0 Å². The summed E-state index contributed by atoms with van der Waals surface area (Å²) in [7, 11) is 0. The SMILES string of the molecule is CC1(C)NC(=O)N(Cc2cccc([N+](=O)[O-])c2NN)C1=O. The van der Waals surface area contributed by atoms with Crippen molar-refractivity contribution in [2.24, 2.45) is 5.84 Å². The van der Waals surface area contributed by atoms with Crippen molar-refractivity contribution in [1.29, 1.82) is 0 Å². The third-order valence-corrected chi connectivity index (χ3v) is 3.24. The number of nitrogens with two attached hydrogens (primary N) is 1. The highest BCUT2D eigenvalue weighted by Gasteiger charge is 2.44. The highest BCUT2D eigenvalue weighted by molar-refractivity contribution is 6.06. The highest BCUT2D eigenvalue weighted by atomic mass is 16.6. The molecule has 1 aliphatic rings. The summed E-state index contributed by atoms with van der Waals surface area (Å²) in [5, 5.41) is 13.5. The number of benzene rings is 1. The van der Waals surface area contributed by atoms with Crippen LogP contribution >= 0.6 is 0 Å². The van der Waals surface area contributed by atoms with Gasteiger partial charge in [-0.1, -0.05) is 12.1 Å². The second-order valence-electron chi connectivity index (χ2n) is 5.16. The van der Waals surface area contributed by atoms with Crippen molar-refractivity contribution in [3.8, 4) is 0 Å². The molecule has 1 saturated heterocycles. The number of imide groups is 1. The van der Waals surface area contributed by atoms with Gasteiger partial charge in [0.1, 0.15) is 11.2 Å². The smallest absolute Gasteiger partial charge is 0.324 e. The molecule has 0 aliphatic carbocycles. The molecule has 0 unspecified atom stereocenters. The first-order chi connectivity index (χ1) is 9.77. The van der Waals surface area contributed by atoms with Gasteiger partial charge >= 0.3 is 6.03 Å². The van der Waals surface area contributed by atoms with Gasteiger partial charge in [-0.05, 0) is 13.8 Å². The minimum Gasteiger partial charge on any atom is -0.324 e. The number of nitrogens with zero attached hydrogens (tertiary/aromatic N) is 2. The molecule has 0 spiro atoms. The third-order valence-electron chi connectivity index (χ3n) is 3.24. The molecule has 9 nitrogen and oxygen atoms in total. The number of hydrazine groups is 1. The molecule has 1 aliphatic heterocycles. The van der Waals surface area contributed by atoms with Crippen molar-refractivity contribution >= 4 is 23.3 Å². The molecule has 112 valence electrons. The second kappa shape index (κ2) is 5.02. The summed E-state index contributed by atoms with van der Waals surface area (Å²) in [6, 6.07) is 3.78. The van der Waals surface area contributed by atoms with Crippen LogP contribution < -0.4 is 16.6 Å². The van der Waals surface area contributed by atoms with Gasteiger partial charge in [0.05, 0.1) is 11.5 Å². The number of carbonyl (C=O) groups excluding carboxylic acids is 2. The standard InChI is InChI=1S/C12H15N5O4/c1-12(2)10(18)16(11(19)14-12)6-7-4-3-5-8(17(20)21)9(7)15-13/h3-5,15H,6,13H2,1-2H3,(H,14,19). The molecule has 1 aromatic rings. The number of rotatable bonds is 4. The molecule has 0 aromatic heterocycles. The Hall–Kier alpha value is -2.68. The number of nitrogens with one attached hydrogen (secondary N) is 2. The molecule has 9 heteroatoms. The minimum atomic E-state index is -0.992. The van der Waals surface area contributed by atoms with Crippen LogP contribution in [0.15, 0.2) is 18.2 Å². The van der Waals surface area contributed by atoms with Gasteiger partial charge in [0.25, 0.3) is 11.6 Å². The molecule has 0 bridgehead atoms. The van der Waals surface area contributed by atoms with Crippen LogP contribution in [0.5, 0.6) is 0 Å². The average Bonchev–Trinajstić information content (AvgIpc) is 2.60. The number of nitro benzene ring substituents is 1. The largest absolute Gasteiger partial charge is 0.325 e. The molecule has 3 amide bonds. The predicted octanol–water partition coefficient (Wildman–Crippen LogP) is 0.711. The fourth-order valence-corrected chi connectivity index (χ4v) is 2.17. The number of anilines is 1. The maximum atomic E-state index is 12.1. The summed E-state index contributed by atoms with van der Waals surface area (Å²) >= 11 is 0. The average molecular weight is 293 g/mol. The maximum Gasteiger partial charge on any atom is 0.325 e. The van der Waals surface area contributed by atoms with Gasteiger partial charge in [-0.2, -0.15) is 0 Å². The minimum absolute atomic E-state index is 0.0767. The maximum absolute atomic E-state index is 12.1. The van der Waals surface area contributed by atoms with Crippen molar-refractivity contribution in [2.75, 3.05) is 5.43 Å². The topological polar surface area (TPSA) is 131 Å². The molecule has 1 aromatic carbocycles. The van der Waals surface area contributed by atoms with Crippen LogP contribution in [0.25, 0.3) is 0 Å². The Balaban J connectivity index is 2.37. The van der Waals surface area contributed by atoms with Gasteiger partial charge in [-0.25, -0.2) is 4.79 Å². The number of amides is 3. The summed E-state index contributed by atoms with van der Waals surface area (Å²) in [5.74, 6) is 4.93. The number of nitro groups is 1. The lowest BCUT2D eigenvalue weighted by Gasteiger charge is -2.17. The number of hydrogen-bond acceptors (Lipinski definition) is 6. The molecule has 0 radical (unpaired) electrons. The lowest BCUT2D eigenvalue weighted by atomic mass is 10.1. The van der Waals surface area contributed by atoms with E-state index >= 15 is 0 Å². The molecule has 1 fully saturated rings. The van der Waals surface area contributed by atoms with Crippen molar-refractivity contribution in [3.63, 3.8) is 0 Å². The molecule has 2 rings (SSSR count). The Labute approximate surface area is 120 Å². The monoisotopic (exact) mass is 293 g/mol.